The van der Waals surface area contributed by atoms with E-state index in [0.717, 1.165) is 36.5 Å². The number of carbonyl (C=O) groups is 2. The van der Waals surface area contributed by atoms with E-state index < -0.39 is 0 Å². The molecular weight excluding hydrogens is 474 g/mol. The molecule has 2 aliphatic heterocycles. The third kappa shape index (κ3) is 6.49. The molecule has 0 radical (unpaired) electrons. The first-order valence-electron chi connectivity index (χ1n) is 12.9. The van der Waals surface area contributed by atoms with Crippen molar-refractivity contribution < 1.29 is 23.8 Å². The molecule has 2 aromatic rings. The molecule has 4 rings (SSSR count). The molecule has 1 aromatic carbocycles. The zero-order valence-electron chi connectivity index (χ0n) is 22.2. The Labute approximate surface area is 218 Å². The van der Waals surface area contributed by atoms with Gasteiger partial charge in [-0.25, -0.2) is 0 Å². The van der Waals surface area contributed by atoms with E-state index in [1.54, 1.807) is 19.1 Å². The van der Waals surface area contributed by atoms with E-state index in [9.17, 15) is 9.59 Å². The number of amides is 2. The summed E-state index contributed by atoms with van der Waals surface area (Å²) in [6.45, 7) is 7.48. The summed E-state index contributed by atoms with van der Waals surface area (Å²) in [5, 5.41) is 8.84. The molecule has 2 fully saturated rings. The Hall–Kier alpha value is -3.40. The van der Waals surface area contributed by atoms with E-state index in [1.165, 1.54) is 0 Å². The maximum absolute atomic E-state index is 13.1. The number of anilines is 1. The zero-order chi connectivity index (χ0) is 26.4. The first-order valence-corrected chi connectivity index (χ1v) is 12.9. The summed E-state index contributed by atoms with van der Waals surface area (Å²) in [5.41, 5.74) is 1.62. The minimum absolute atomic E-state index is 0.00710. The third-order valence-electron chi connectivity index (χ3n) is 6.87. The summed E-state index contributed by atoms with van der Waals surface area (Å²) >= 11 is 0. The number of carbonyl (C=O) groups excluding carboxylic acids is 2. The van der Waals surface area contributed by atoms with Gasteiger partial charge < -0.3 is 28.9 Å². The molecule has 10 heteroatoms. The molecule has 1 unspecified atom stereocenters. The zero-order valence-corrected chi connectivity index (χ0v) is 22.2. The first-order chi connectivity index (χ1) is 17.9. The molecule has 2 amide bonds. The van der Waals surface area contributed by atoms with Crippen molar-refractivity contribution in [3.8, 4) is 22.8 Å². The lowest BCUT2D eigenvalue weighted by molar-refractivity contribution is -0.143. The highest BCUT2D eigenvalue weighted by atomic mass is 16.5. The molecule has 3 heterocycles. The van der Waals surface area contributed by atoms with Crippen LogP contribution < -0.4 is 14.4 Å². The monoisotopic (exact) mass is 511 g/mol. The number of hydrogen-bond acceptors (Lipinski definition) is 8. The van der Waals surface area contributed by atoms with Crippen LogP contribution in [-0.4, -0.2) is 98.0 Å². The molecule has 0 N–H and O–H groups in total. The molecule has 1 atom stereocenters. The summed E-state index contributed by atoms with van der Waals surface area (Å²) in [5.74, 6) is 1.87. The lowest BCUT2D eigenvalue weighted by Crippen LogP contribution is -2.53. The molecule has 2 aliphatic rings. The SMILES string of the molecule is COc1ccc(-c2ccc(N3CCN(C(=O)CN(CC4CCCO4)C(=O)C(C)C)CC3)nn2)cc1OC. The molecule has 0 aliphatic carbocycles. The van der Waals surface area contributed by atoms with Crippen LogP contribution in [0.25, 0.3) is 11.3 Å². The molecule has 0 bridgehead atoms. The lowest BCUT2D eigenvalue weighted by atomic mass is 10.1. The van der Waals surface area contributed by atoms with Crippen molar-refractivity contribution in [1.29, 1.82) is 0 Å². The topological polar surface area (TPSA) is 97.3 Å². The number of hydrogen-bond donors (Lipinski definition) is 0. The average molecular weight is 512 g/mol. The molecule has 10 nitrogen and oxygen atoms in total. The Balaban J connectivity index is 1.33. The maximum atomic E-state index is 13.1. The van der Waals surface area contributed by atoms with E-state index in [-0.39, 0.29) is 30.4 Å². The first kappa shape index (κ1) is 26.7. The predicted molar refractivity (Wildman–Crippen MR) is 140 cm³/mol. The van der Waals surface area contributed by atoms with Crippen molar-refractivity contribution >= 4 is 17.6 Å². The van der Waals surface area contributed by atoms with Gasteiger partial charge in [0.1, 0.15) is 0 Å². The molecule has 0 saturated carbocycles. The van der Waals surface area contributed by atoms with Gasteiger partial charge >= 0.3 is 0 Å². The van der Waals surface area contributed by atoms with E-state index >= 15 is 0 Å². The molecule has 2 saturated heterocycles. The number of rotatable bonds is 9. The Morgan fingerprint density at radius 1 is 1.05 bits per heavy atom. The van der Waals surface area contributed by atoms with Gasteiger partial charge in [0.25, 0.3) is 0 Å². The summed E-state index contributed by atoms with van der Waals surface area (Å²) in [6, 6.07) is 9.51. The number of piperazine rings is 1. The van der Waals surface area contributed by atoms with Crippen molar-refractivity contribution in [2.75, 3.05) is 65.0 Å². The minimum atomic E-state index is -0.161. The summed E-state index contributed by atoms with van der Waals surface area (Å²) in [4.78, 5) is 31.5. The van der Waals surface area contributed by atoms with Crippen LogP contribution in [0, 0.1) is 5.92 Å². The van der Waals surface area contributed by atoms with E-state index in [0.29, 0.717) is 44.2 Å². The van der Waals surface area contributed by atoms with Crippen molar-refractivity contribution in [2.45, 2.75) is 32.8 Å². The molecule has 37 heavy (non-hydrogen) atoms. The van der Waals surface area contributed by atoms with E-state index in [4.69, 9.17) is 14.2 Å². The van der Waals surface area contributed by atoms with Crippen LogP contribution in [0.4, 0.5) is 5.82 Å². The summed E-state index contributed by atoms with van der Waals surface area (Å²) in [6.07, 6.45) is 1.95. The van der Waals surface area contributed by atoms with Gasteiger partial charge in [-0.1, -0.05) is 13.8 Å². The lowest BCUT2D eigenvalue weighted by Gasteiger charge is -2.36. The number of ether oxygens (including phenoxy) is 3. The Bertz CT molecular complexity index is 1060. The van der Waals surface area contributed by atoms with Crippen molar-refractivity contribution in [1.82, 2.24) is 20.0 Å². The Kier molecular flexibility index (Phi) is 8.81. The van der Waals surface area contributed by atoms with Crippen LogP contribution in [0.15, 0.2) is 30.3 Å². The second-order valence-corrected chi connectivity index (χ2v) is 9.72. The highest BCUT2D eigenvalue weighted by Gasteiger charge is 2.29. The molecular formula is C27H37N5O5. The van der Waals surface area contributed by atoms with Crippen molar-refractivity contribution in [3.05, 3.63) is 30.3 Å². The number of benzene rings is 1. The van der Waals surface area contributed by atoms with Crippen LogP contribution in [0.3, 0.4) is 0 Å². The van der Waals surface area contributed by atoms with Gasteiger partial charge in [0.15, 0.2) is 17.3 Å². The fourth-order valence-electron chi connectivity index (χ4n) is 4.72. The third-order valence-corrected chi connectivity index (χ3v) is 6.87. The van der Waals surface area contributed by atoms with Crippen LogP contribution in [-0.2, 0) is 14.3 Å². The van der Waals surface area contributed by atoms with Gasteiger partial charge in [-0.3, -0.25) is 9.59 Å². The number of aromatic nitrogens is 2. The van der Waals surface area contributed by atoms with Gasteiger partial charge in [0, 0.05) is 50.8 Å². The van der Waals surface area contributed by atoms with Crippen LogP contribution in [0.2, 0.25) is 0 Å². The fraction of sp³-hybridized carbons (Fsp3) is 0.556. The van der Waals surface area contributed by atoms with Crippen LogP contribution in [0.1, 0.15) is 26.7 Å². The van der Waals surface area contributed by atoms with Crippen molar-refractivity contribution in [2.24, 2.45) is 5.92 Å². The highest BCUT2D eigenvalue weighted by molar-refractivity contribution is 5.86. The molecule has 0 spiro atoms. The maximum Gasteiger partial charge on any atom is 0.242 e. The Morgan fingerprint density at radius 2 is 1.81 bits per heavy atom. The number of nitrogens with zero attached hydrogens (tertiary/aromatic N) is 5. The van der Waals surface area contributed by atoms with Gasteiger partial charge in [-0.15, -0.1) is 10.2 Å². The predicted octanol–water partition coefficient (Wildman–Crippen LogP) is 2.47. The molecule has 1 aromatic heterocycles. The van der Waals surface area contributed by atoms with E-state index in [2.05, 4.69) is 15.1 Å². The van der Waals surface area contributed by atoms with Gasteiger partial charge in [0.2, 0.25) is 11.8 Å². The van der Waals surface area contributed by atoms with Crippen molar-refractivity contribution in [3.63, 3.8) is 0 Å². The minimum Gasteiger partial charge on any atom is -0.493 e. The number of methoxy groups -OCH3 is 2. The quantitative estimate of drug-likeness (QED) is 0.507. The highest BCUT2D eigenvalue weighted by Crippen LogP contribution is 2.31. The normalized spacial score (nSPS) is 17.7. The van der Waals surface area contributed by atoms with Gasteiger partial charge in [-0.2, -0.15) is 0 Å². The smallest absolute Gasteiger partial charge is 0.242 e. The standard InChI is InChI=1S/C27H37N5O5/c1-19(2)27(34)32(17-21-6-5-15-37-21)18-26(33)31-13-11-30(12-14-31)25-10-8-22(28-29-25)20-7-9-23(35-3)24(16-20)36-4/h7-10,16,19,21H,5-6,11-15,17-18H2,1-4H3. The van der Waals surface area contributed by atoms with Crippen LogP contribution >= 0.6 is 0 Å². The van der Waals surface area contributed by atoms with E-state index in [1.807, 2.05) is 49.1 Å². The summed E-state index contributed by atoms with van der Waals surface area (Å²) < 4.78 is 16.4. The largest absolute Gasteiger partial charge is 0.493 e. The fourth-order valence-corrected chi connectivity index (χ4v) is 4.72. The second kappa shape index (κ2) is 12.2. The Morgan fingerprint density at radius 3 is 2.41 bits per heavy atom. The summed E-state index contributed by atoms with van der Waals surface area (Å²) in [7, 11) is 3.20. The molecule has 200 valence electrons. The second-order valence-electron chi connectivity index (χ2n) is 9.72. The average Bonchev–Trinajstić information content (AvgIpc) is 3.45. The van der Waals surface area contributed by atoms with Gasteiger partial charge in [-0.05, 0) is 43.2 Å². The van der Waals surface area contributed by atoms with Gasteiger partial charge in [0.05, 0.1) is 32.6 Å². The van der Waals surface area contributed by atoms with Crippen LogP contribution in [0.5, 0.6) is 11.5 Å².